The number of likely N-dealkylation sites (tertiary alicyclic amines) is 1. The number of ether oxygens (including phenoxy) is 1. The first-order valence-electron chi connectivity index (χ1n) is 10.2. The summed E-state index contributed by atoms with van der Waals surface area (Å²) in [5, 5.41) is 8.84. The van der Waals surface area contributed by atoms with E-state index in [1.807, 2.05) is 40.1 Å². The molecule has 2 aromatic rings. The second-order valence-corrected chi connectivity index (χ2v) is 7.66. The third-order valence-corrected chi connectivity index (χ3v) is 5.74. The molecule has 2 aliphatic heterocycles. The van der Waals surface area contributed by atoms with Crippen LogP contribution in [0.1, 0.15) is 37.3 Å². The Morgan fingerprint density at radius 2 is 1.90 bits per heavy atom. The standard InChI is InChI=1S/C21H27N5O3/c1-16(27)25-10-5-6-17(14-25)21-23-22-19-9-11-24(12-13-26(19)21)20(28)15-29-18-7-3-2-4-8-18/h2-4,7-8,17H,5-6,9-15H2,1H3/t17-/m0/s1. The second kappa shape index (κ2) is 8.63. The molecule has 1 atom stereocenters. The molecular formula is C21H27N5O3. The third-order valence-electron chi connectivity index (χ3n) is 5.74. The van der Waals surface area contributed by atoms with Crippen molar-refractivity contribution < 1.29 is 14.3 Å². The molecule has 0 spiro atoms. The van der Waals surface area contributed by atoms with Crippen LogP contribution in [0.5, 0.6) is 5.75 Å². The number of amides is 2. The molecule has 29 heavy (non-hydrogen) atoms. The van der Waals surface area contributed by atoms with Gasteiger partial charge in [-0.25, -0.2) is 0 Å². The van der Waals surface area contributed by atoms with Gasteiger partial charge in [0.25, 0.3) is 5.91 Å². The van der Waals surface area contributed by atoms with Crippen LogP contribution >= 0.6 is 0 Å². The summed E-state index contributed by atoms with van der Waals surface area (Å²) in [6.07, 6.45) is 2.66. The smallest absolute Gasteiger partial charge is 0.260 e. The monoisotopic (exact) mass is 397 g/mol. The van der Waals surface area contributed by atoms with Gasteiger partial charge in [-0.05, 0) is 25.0 Å². The zero-order chi connectivity index (χ0) is 20.2. The van der Waals surface area contributed by atoms with Crippen LogP contribution in [0, 0.1) is 0 Å². The number of carbonyl (C=O) groups is 2. The van der Waals surface area contributed by atoms with Gasteiger partial charge in [-0.1, -0.05) is 18.2 Å². The van der Waals surface area contributed by atoms with Gasteiger partial charge in [-0.2, -0.15) is 0 Å². The Labute approximate surface area is 170 Å². The summed E-state index contributed by atoms with van der Waals surface area (Å²) in [4.78, 5) is 28.1. The zero-order valence-corrected chi connectivity index (χ0v) is 16.8. The minimum absolute atomic E-state index is 0.0189. The Morgan fingerprint density at radius 3 is 2.69 bits per heavy atom. The van der Waals surface area contributed by atoms with Crippen molar-refractivity contribution in [3.05, 3.63) is 42.0 Å². The highest BCUT2D eigenvalue weighted by molar-refractivity contribution is 5.77. The van der Waals surface area contributed by atoms with Gasteiger partial charge in [0.05, 0.1) is 0 Å². The summed E-state index contributed by atoms with van der Waals surface area (Å²) in [6.45, 7) is 5.06. The van der Waals surface area contributed by atoms with E-state index in [4.69, 9.17) is 4.74 Å². The number of benzene rings is 1. The molecule has 1 fully saturated rings. The largest absolute Gasteiger partial charge is 0.484 e. The van der Waals surface area contributed by atoms with Gasteiger partial charge < -0.3 is 19.1 Å². The number of fused-ring (bicyclic) bond motifs is 1. The van der Waals surface area contributed by atoms with Crippen molar-refractivity contribution in [3.63, 3.8) is 0 Å². The first kappa shape index (κ1) is 19.4. The van der Waals surface area contributed by atoms with Gasteiger partial charge in [-0.15, -0.1) is 10.2 Å². The molecule has 2 amide bonds. The van der Waals surface area contributed by atoms with Crippen molar-refractivity contribution in [2.24, 2.45) is 0 Å². The predicted octanol–water partition coefficient (Wildman–Crippen LogP) is 1.47. The van der Waals surface area contributed by atoms with E-state index >= 15 is 0 Å². The Balaban J connectivity index is 1.38. The van der Waals surface area contributed by atoms with Crippen LogP contribution in [0.2, 0.25) is 0 Å². The summed E-state index contributed by atoms with van der Waals surface area (Å²) in [5.74, 6) is 2.86. The van der Waals surface area contributed by atoms with Crippen molar-refractivity contribution >= 4 is 11.8 Å². The van der Waals surface area contributed by atoms with Gasteiger partial charge in [0, 0.05) is 52.0 Å². The number of para-hydroxylation sites is 1. The Bertz CT molecular complexity index is 866. The van der Waals surface area contributed by atoms with E-state index in [0.717, 1.165) is 31.0 Å². The molecule has 0 N–H and O–H groups in total. The van der Waals surface area contributed by atoms with Crippen LogP contribution in [0.4, 0.5) is 0 Å². The molecule has 8 heteroatoms. The van der Waals surface area contributed by atoms with Gasteiger partial charge in [0.1, 0.15) is 17.4 Å². The van der Waals surface area contributed by atoms with E-state index in [0.29, 0.717) is 38.3 Å². The molecule has 0 bridgehead atoms. The van der Waals surface area contributed by atoms with Crippen LogP contribution in [0.25, 0.3) is 0 Å². The first-order valence-corrected chi connectivity index (χ1v) is 10.2. The highest BCUT2D eigenvalue weighted by Gasteiger charge is 2.29. The molecule has 2 aliphatic rings. The minimum Gasteiger partial charge on any atom is -0.484 e. The fraction of sp³-hybridized carbons (Fsp3) is 0.524. The first-order chi connectivity index (χ1) is 14.1. The van der Waals surface area contributed by atoms with E-state index in [1.165, 1.54) is 0 Å². The van der Waals surface area contributed by atoms with Crippen LogP contribution in [0.3, 0.4) is 0 Å². The topological polar surface area (TPSA) is 80.6 Å². The molecule has 4 rings (SSSR count). The van der Waals surface area contributed by atoms with Crippen LogP contribution in [-0.4, -0.2) is 69.2 Å². The number of aromatic nitrogens is 3. The average molecular weight is 397 g/mol. The second-order valence-electron chi connectivity index (χ2n) is 7.66. The maximum absolute atomic E-state index is 12.6. The lowest BCUT2D eigenvalue weighted by Gasteiger charge is -2.31. The number of rotatable bonds is 4. The quantitative estimate of drug-likeness (QED) is 0.780. The summed E-state index contributed by atoms with van der Waals surface area (Å²) < 4.78 is 7.76. The fourth-order valence-corrected chi connectivity index (χ4v) is 4.12. The van der Waals surface area contributed by atoms with Crippen molar-refractivity contribution in [1.82, 2.24) is 24.6 Å². The van der Waals surface area contributed by atoms with Gasteiger partial charge in [-0.3, -0.25) is 9.59 Å². The number of hydrogen-bond donors (Lipinski definition) is 0. The highest BCUT2D eigenvalue weighted by atomic mass is 16.5. The molecule has 154 valence electrons. The molecule has 1 aromatic carbocycles. The lowest BCUT2D eigenvalue weighted by atomic mass is 9.97. The summed E-state index contributed by atoms with van der Waals surface area (Å²) in [5.41, 5.74) is 0. The predicted molar refractivity (Wildman–Crippen MR) is 106 cm³/mol. The molecule has 0 radical (unpaired) electrons. The molecule has 0 unspecified atom stereocenters. The van der Waals surface area contributed by atoms with Crippen LogP contribution in [-0.2, 0) is 22.6 Å². The maximum atomic E-state index is 12.6. The molecule has 0 saturated carbocycles. The van der Waals surface area contributed by atoms with Crippen molar-refractivity contribution in [3.8, 4) is 5.75 Å². The van der Waals surface area contributed by atoms with E-state index in [2.05, 4.69) is 14.8 Å². The van der Waals surface area contributed by atoms with Gasteiger partial charge in [0.15, 0.2) is 6.61 Å². The zero-order valence-electron chi connectivity index (χ0n) is 16.8. The lowest BCUT2D eigenvalue weighted by Crippen LogP contribution is -2.39. The van der Waals surface area contributed by atoms with E-state index in [1.54, 1.807) is 6.92 Å². The Kier molecular flexibility index (Phi) is 5.78. The van der Waals surface area contributed by atoms with Gasteiger partial charge >= 0.3 is 0 Å². The number of nitrogens with zero attached hydrogens (tertiary/aromatic N) is 5. The van der Waals surface area contributed by atoms with Gasteiger partial charge in [0.2, 0.25) is 5.91 Å². The maximum Gasteiger partial charge on any atom is 0.260 e. The lowest BCUT2D eigenvalue weighted by molar-refractivity contribution is -0.133. The van der Waals surface area contributed by atoms with Crippen molar-refractivity contribution in [1.29, 1.82) is 0 Å². The third kappa shape index (κ3) is 4.41. The Hall–Kier alpha value is -2.90. The summed E-state index contributed by atoms with van der Waals surface area (Å²) in [6, 6.07) is 9.38. The van der Waals surface area contributed by atoms with Crippen molar-refractivity contribution in [2.75, 3.05) is 32.8 Å². The molecule has 1 aromatic heterocycles. The minimum atomic E-state index is -0.0189. The summed E-state index contributed by atoms with van der Waals surface area (Å²) >= 11 is 0. The number of piperidine rings is 1. The van der Waals surface area contributed by atoms with E-state index in [-0.39, 0.29) is 24.3 Å². The highest BCUT2D eigenvalue weighted by Crippen LogP contribution is 2.27. The van der Waals surface area contributed by atoms with Crippen LogP contribution in [0.15, 0.2) is 30.3 Å². The normalized spacial score (nSPS) is 19.4. The van der Waals surface area contributed by atoms with Crippen LogP contribution < -0.4 is 4.74 Å². The average Bonchev–Trinajstić information content (AvgIpc) is 3.04. The number of carbonyl (C=O) groups excluding carboxylic acids is 2. The molecule has 3 heterocycles. The fourth-order valence-electron chi connectivity index (χ4n) is 4.12. The van der Waals surface area contributed by atoms with E-state index in [9.17, 15) is 9.59 Å². The molecule has 8 nitrogen and oxygen atoms in total. The number of hydrogen-bond acceptors (Lipinski definition) is 5. The SMILES string of the molecule is CC(=O)N1CCC[C@H](c2nnc3n2CCN(C(=O)COc2ccccc2)CC3)C1. The Morgan fingerprint density at radius 1 is 1.07 bits per heavy atom. The molecule has 1 saturated heterocycles. The van der Waals surface area contributed by atoms with Crippen molar-refractivity contribution in [2.45, 2.75) is 38.6 Å². The molecule has 0 aliphatic carbocycles. The molecular weight excluding hydrogens is 370 g/mol. The van der Waals surface area contributed by atoms with E-state index < -0.39 is 0 Å². The summed E-state index contributed by atoms with van der Waals surface area (Å²) in [7, 11) is 0.